The molecule has 4 nitrogen and oxygen atoms in total. The molecule has 0 bridgehead atoms. The number of aromatic hydroxyl groups is 1. The molecule has 0 fully saturated rings. The summed E-state index contributed by atoms with van der Waals surface area (Å²) in [6.07, 6.45) is 0. The van der Waals surface area contributed by atoms with Gasteiger partial charge in [-0.1, -0.05) is 12.1 Å². The van der Waals surface area contributed by atoms with Gasteiger partial charge in [0.25, 0.3) is 0 Å². The molecule has 104 valence electrons. The molecule has 3 N–H and O–H groups in total. The van der Waals surface area contributed by atoms with Crippen molar-refractivity contribution in [3.8, 4) is 5.75 Å². The van der Waals surface area contributed by atoms with E-state index in [2.05, 4.69) is 10.6 Å². The summed E-state index contributed by atoms with van der Waals surface area (Å²) in [5, 5.41) is 15.1. The van der Waals surface area contributed by atoms with E-state index >= 15 is 0 Å². The zero-order valence-corrected chi connectivity index (χ0v) is 11.8. The molecule has 0 radical (unpaired) electrons. The first-order valence-electron chi connectivity index (χ1n) is 6.40. The van der Waals surface area contributed by atoms with E-state index in [9.17, 15) is 9.90 Å². The van der Waals surface area contributed by atoms with Crippen LogP contribution < -0.4 is 10.6 Å². The minimum absolute atomic E-state index is 0.0558. The van der Waals surface area contributed by atoms with Crippen molar-refractivity contribution in [2.45, 2.75) is 20.8 Å². The Morgan fingerprint density at radius 3 is 2.35 bits per heavy atom. The SMILES string of the molecule is Cc1ccc(NC(=O)Nc2ccc(C)c(C)c2)c(O)c1. The number of aryl methyl sites for hydroxylation is 3. The highest BCUT2D eigenvalue weighted by Crippen LogP contribution is 2.24. The minimum Gasteiger partial charge on any atom is -0.506 e. The molecule has 0 aliphatic carbocycles. The minimum atomic E-state index is -0.382. The predicted octanol–water partition coefficient (Wildman–Crippen LogP) is 3.96. The average Bonchev–Trinajstić information content (AvgIpc) is 2.37. The maximum atomic E-state index is 11.9. The fourth-order valence-corrected chi connectivity index (χ4v) is 1.85. The van der Waals surface area contributed by atoms with Crippen LogP contribution in [-0.2, 0) is 0 Å². The molecule has 0 aromatic heterocycles. The zero-order valence-electron chi connectivity index (χ0n) is 11.8. The van der Waals surface area contributed by atoms with Crippen molar-refractivity contribution in [1.82, 2.24) is 0 Å². The van der Waals surface area contributed by atoms with Gasteiger partial charge in [0.2, 0.25) is 0 Å². The number of hydrogen-bond donors (Lipinski definition) is 3. The molecule has 0 atom stereocenters. The molecule has 0 heterocycles. The van der Waals surface area contributed by atoms with E-state index < -0.39 is 0 Å². The van der Waals surface area contributed by atoms with Crippen LogP contribution >= 0.6 is 0 Å². The van der Waals surface area contributed by atoms with E-state index in [1.807, 2.05) is 45.0 Å². The van der Waals surface area contributed by atoms with Gasteiger partial charge in [-0.05, 0) is 61.7 Å². The number of hydrogen-bond acceptors (Lipinski definition) is 2. The van der Waals surface area contributed by atoms with Crippen molar-refractivity contribution in [2.75, 3.05) is 10.6 Å². The number of nitrogens with one attached hydrogen (secondary N) is 2. The molecule has 0 aliphatic rings. The van der Waals surface area contributed by atoms with Gasteiger partial charge in [0.05, 0.1) is 5.69 Å². The lowest BCUT2D eigenvalue weighted by molar-refractivity contribution is 0.262. The lowest BCUT2D eigenvalue weighted by atomic mass is 10.1. The number of rotatable bonds is 2. The normalized spacial score (nSPS) is 10.2. The Balaban J connectivity index is 2.07. The maximum Gasteiger partial charge on any atom is 0.323 e. The molecule has 2 aromatic carbocycles. The van der Waals surface area contributed by atoms with Gasteiger partial charge in [-0.15, -0.1) is 0 Å². The van der Waals surface area contributed by atoms with Gasteiger partial charge >= 0.3 is 6.03 Å². The number of carbonyl (C=O) groups is 1. The van der Waals surface area contributed by atoms with Crippen LogP contribution in [-0.4, -0.2) is 11.1 Å². The van der Waals surface area contributed by atoms with Crippen molar-refractivity contribution >= 4 is 17.4 Å². The number of phenolic OH excluding ortho intramolecular Hbond substituents is 1. The summed E-state index contributed by atoms with van der Waals surface area (Å²) in [7, 11) is 0. The number of urea groups is 1. The van der Waals surface area contributed by atoms with Gasteiger partial charge < -0.3 is 15.7 Å². The second-order valence-electron chi connectivity index (χ2n) is 4.90. The summed E-state index contributed by atoms with van der Waals surface area (Å²) in [5.41, 5.74) is 4.32. The first kappa shape index (κ1) is 13.9. The van der Waals surface area contributed by atoms with Crippen LogP contribution in [0.25, 0.3) is 0 Å². The molecule has 0 aliphatic heterocycles. The third-order valence-corrected chi connectivity index (χ3v) is 3.17. The Morgan fingerprint density at radius 1 is 0.950 bits per heavy atom. The van der Waals surface area contributed by atoms with E-state index in [1.54, 1.807) is 12.1 Å². The van der Waals surface area contributed by atoms with E-state index in [1.165, 1.54) is 5.56 Å². The smallest absolute Gasteiger partial charge is 0.323 e. The monoisotopic (exact) mass is 270 g/mol. The summed E-state index contributed by atoms with van der Waals surface area (Å²) in [4.78, 5) is 11.9. The third-order valence-electron chi connectivity index (χ3n) is 3.17. The van der Waals surface area contributed by atoms with E-state index in [0.717, 1.165) is 16.8 Å². The van der Waals surface area contributed by atoms with E-state index in [0.29, 0.717) is 5.69 Å². The summed E-state index contributed by atoms with van der Waals surface area (Å²) in [5.74, 6) is 0.0558. The molecular weight excluding hydrogens is 252 g/mol. The van der Waals surface area contributed by atoms with Crippen LogP contribution in [0.15, 0.2) is 36.4 Å². The van der Waals surface area contributed by atoms with Gasteiger partial charge in [0, 0.05) is 5.69 Å². The van der Waals surface area contributed by atoms with Crippen LogP contribution in [0.2, 0.25) is 0 Å². The molecule has 0 saturated carbocycles. The van der Waals surface area contributed by atoms with Gasteiger partial charge in [0.1, 0.15) is 5.75 Å². The average molecular weight is 270 g/mol. The Morgan fingerprint density at radius 2 is 1.70 bits per heavy atom. The summed E-state index contributed by atoms with van der Waals surface area (Å²) >= 11 is 0. The molecule has 4 heteroatoms. The van der Waals surface area contributed by atoms with Crippen LogP contribution in [0.5, 0.6) is 5.75 Å². The lowest BCUT2D eigenvalue weighted by Gasteiger charge is -2.10. The Bertz CT molecular complexity index is 651. The molecule has 2 rings (SSSR count). The second-order valence-corrected chi connectivity index (χ2v) is 4.90. The fraction of sp³-hybridized carbons (Fsp3) is 0.188. The maximum absolute atomic E-state index is 11.9. The quantitative estimate of drug-likeness (QED) is 0.723. The molecule has 2 amide bonds. The number of anilines is 2. The first-order chi connectivity index (χ1) is 9.45. The van der Waals surface area contributed by atoms with Crippen LogP contribution in [0, 0.1) is 20.8 Å². The van der Waals surface area contributed by atoms with Crippen molar-refractivity contribution in [2.24, 2.45) is 0 Å². The largest absolute Gasteiger partial charge is 0.506 e. The predicted molar refractivity (Wildman–Crippen MR) is 81.4 cm³/mol. The van der Waals surface area contributed by atoms with E-state index in [4.69, 9.17) is 0 Å². The van der Waals surface area contributed by atoms with Gasteiger partial charge in [-0.25, -0.2) is 4.79 Å². The van der Waals surface area contributed by atoms with Crippen LogP contribution in [0.3, 0.4) is 0 Å². The highest BCUT2D eigenvalue weighted by atomic mass is 16.3. The standard InChI is InChI=1S/C16H18N2O2/c1-10-4-7-14(15(19)8-10)18-16(20)17-13-6-5-11(2)12(3)9-13/h4-9,19H,1-3H3,(H2,17,18,20). The summed E-state index contributed by atoms with van der Waals surface area (Å²) in [6, 6.07) is 10.4. The first-order valence-corrected chi connectivity index (χ1v) is 6.40. The summed E-state index contributed by atoms with van der Waals surface area (Å²) < 4.78 is 0. The molecule has 20 heavy (non-hydrogen) atoms. The Labute approximate surface area is 118 Å². The number of amides is 2. The van der Waals surface area contributed by atoms with Gasteiger partial charge in [-0.2, -0.15) is 0 Å². The Hall–Kier alpha value is -2.49. The summed E-state index contributed by atoms with van der Waals surface area (Å²) in [6.45, 7) is 5.88. The zero-order chi connectivity index (χ0) is 14.7. The number of carbonyl (C=O) groups excluding carboxylic acids is 1. The fourth-order valence-electron chi connectivity index (χ4n) is 1.85. The number of benzene rings is 2. The van der Waals surface area contributed by atoms with E-state index in [-0.39, 0.29) is 11.8 Å². The van der Waals surface area contributed by atoms with Gasteiger partial charge in [-0.3, -0.25) is 0 Å². The van der Waals surface area contributed by atoms with Crippen molar-refractivity contribution in [3.63, 3.8) is 0 Å². The van der Waals surface area contributed by atoms with Crippen LogP contribution in [0.1, 0.15) is 16.7 Å². The molecule has 0 unspecified atom stereocenters. The highest BCUT2D eigenvalue weighted by molar-refractivity contribution is 6.00. The Kier molecular flexibility index (Phi) is 3.94. The molecule has 0 spiro atoms. The number of phenols is 1. The van der Waals surface area contributed by atoms with Crippen molar-refractivity contribution < 1.29 is 9.90 Å². The van der Waals surface area contributed by atoms with Gasteiger partial charge in [0.15, 0.2) is 0 Å². The van der Waals surface area contributed by atoms with Crippen LogP contribution in [0.4, 0.5) is 16.2 Å². The molecule has 0 saturated heterocycles. The lowest BCUT2D eigenvalue weighted by Crippen LogP contribution is -2.19. The van der Waals surface area contributed by atoms with Crippen molar-refractivity contribution in [1.29, 1.82) is 0 Å². The topological polar surface area (TPSA) is 61.4 Å². The third kappa shape index (κ3) is 3.29. The van der Waals surface area contributed by atoms with Crippen molar-refractivity contribution in [3.05, 3.63) is 53.1 Å². The molecule has 2 aromatic rings. The molecular formula is C16H18N2O2. The highest BCUT2D eigenvalue weighted by Gasteiger charge is 2.07. The second kappa shape index (κ2) is 5.65.